The Balaban J connectivity index is 2.01. The number of rotatable bonds is 3. The number of thioether (sulfide) groups is 1. The summed E-state index contributed by atoms with van der Waals surface area (Å²) in [4.78, 5) is 13.0. The van der Waals surface area contributed by atoms with Gasteiger partial charge in [0, 0.05) is 37.7 Å². The third-order valence-electron chi connectivity index (χ3n) is 1.95. The van der Waals surface area contributed by atoms with Gasteiger partial charge in [-0.25, -0.2) is 10.6 Å². The van der Waals surface area contributed by atoms with Crippen molar-refractivity contribution in [1.82, 2.24) is 15.6 Å². The Labute approximate surface area is 82.4 Å². The van der Waals surface area contributed by atoms with Crippen molar-refractivity contribution in [3.05, 3.63) is 0 Å². The molecule has 0 aromatic carbocycles. The molecule has 1 rings (SSSR count). The molecule has 0 radical (unpaired) electrons. The van der Waals surface area contributed by atoms with Gasteiger partial charge in [-0.15, -0.1) is 0 Å². The third-order valence-corrected chi connectivity index (χ3v) is 2.89. The summed E-state index contributed by atoms with van der Waals surface area (Å²) in [5, 5.41) is 2.66. The van der Waals surface area contributed by atoms with Gasteiger partial charge >= 0.3 is 6.03 Å². The number of hydrazine groups is 1. The Morgan fingerprint density at radius 1 is 1.46 bits per heavy atom. The first-order chi connectivity index (χ1) is 6.33. The van der Waals surface area contributed by atoms with E-state index in [2.05, 4.69) is 10.2 Å². The molecule has 0 saturated carbocycles. The lowest BCUT2D eigenvalue weighted by atomic mass is 10.4. The van der Waals surface area contributed by atoms with Gasteiger partial charge in [0.05, 0.1) is 0 Å². The van der Waals surface area contributed by atoms with Gasteiger partial charge in [-0.1, -0.05) is 0 Å². The first-order valence-corrected chi connectivity index (χ1v) is 5.53. The maximum absolute atomic E-state index is 10.7. The Hall–Kier alpha value is -0.460. The van der Waals surface area contributed by atoms with Gasteiger partial charge in [0.15, 0.2) is 0 Å². The minimum absolute atomic E-state index is 0.314. The monoisotopic (exact) mass is 204 g/mol. The molecule has 76 valence electrons. The standard InChI is InChI=1S/C7H16N4OS/c8-10-7(12)9-1-2-11-3-5-13-6-4-11/h1-6,8H2,(H2,9,10,12). The van der Waals surface area contributed by atoms with Crippen molar-refractivity contribution in [2.75, 3.05) is 37.7 Å². The lowest BCUT2D eigenvalue weighted by Gasteiger charge is -2.25. The number of nitrogens with zero attached hydrogens (tertiary/aromatic N) is 1. The third kappa shape index (κ3) is 4.35. The van der Waals surface area contributed by atoms with Crippen molar-refractivity contribution < 1.29 is 4.79 Å². The van der Waals surface area contributed by atoms with E-state index in [0.29, 0.717) is 6.54 Å². The molecule has 0 unspecified atom stereocenters. The number of nitrogens with one attached hydrogen (secondary N) is 2. The zero-order valence-corrected chi connectivity index (χ0v) is 8.40. The summed E-state index contributed by atoms with van der Waals surface area (Å²) in [5.74, 6) is 7.31. The first-order valence-electron chi connectivity index (χ1n) is 4.37. The van der Waals surface area contributed by atoms with Crippen LogP contribution in [0.2, 0.25) is 0 Å². The summed E-state index contributed by atoms with van der Waals surface area (Å²) >= 11 is 1.98. The van der Waals surface area contributed by atoms with Crippen LogP contribution in [0.5, 0.6) is 0 Å². The highest BCUT2D eigenvalue weighted by atomic mass is 32.2. The lowest BCUT2D eigenvalue weighted by Crippen LogP contribution is -2.44. The number of nitrogens with two attached hydrogens (primary N) is 1. The Bertz CT molecular complexity index is 161. The number of amides is 2. The molecule has 0 bridgehead atoms. The molecule has 4 N–H and O–H groups in total. The fraction of sp³-hybridized carbons (Fsp3) is 0.857. The van der Waals surface area contributed by atoms with E-state index in [9.17, 15) is 4.79 Å². The van der Waals surface area contributed by atoms with E-state index in [1.54, 1.807) is 0 Å². The average molecular weight is 204 g/mol. The molecule has 0 spiro atoms. The minimum atomic E-state index is -0.314. The summed E-state index contributed by atoms with van der Waals surface area (Å²) in [5.41, 5.74) is 2.03. The SMILES string of the molecule is NNC(=O)NCCN1CCSCC1. The maximum Gasteiger partial charge on any atom is 0.328 e. The molecule has 0 aliphatic carbocycles. The van der Waals surface area contributed by atoms with Crippen molar-refractivity contribution in [3.8, 4) is 0 Å². The molecule has 6 heteroatoms. The van der Waals surface area contributed by atoms with Crippen molar-refractivity contribution in [1.29, 1.82) is 0 Å². The minimum Gasteiger partial charge on any atom is -0.336 e. The van der Waals surface area contributed by atoms with Crippen molar-refractivity contribution in [2.45, 2.75) is 0 Å². The van der Waals surface area contributed by atoms with Gasteiger partial charge in [0.25, 0.3) is 0 Å². The number of carbonyl (C=O) groups is 1. The molecular weight excluding hydrogens is 188 g/mol. The van der Waals surface area contributed by atoms with E-state index in [4.69, 9.17) is 5.84 Å². The van der Waals surface area contributed by atoms with Crippen LogP contribution >= 0.6 is 11.8 Å². The maximum atomic E-state index is 10.7. The Kier molecular flexibility index (Phi) is 4.95. The summed E-state index contributed by atoms with van der Waals surface area (Å²) < 4.78 is 0. The molecule has 13 heavy (non-hydrogen) atoms. The van der Waals surface area contributed by atoms with E-state index in [1.807, 2.05) is 17.2 Å². The summed E-state index contributed by atoms with van der Waals surface area (Å²) in [6.07, 6.45) is 0. The smallest absolute Gasteiger partial charge is 0.328 e. The van der Waals surface area contributed by atoms with Gasteiger partial charge in [-0.05, 0) is 0 Å². The van der Waals surface area contributed by atoms with Gasteiger partial charge in [0.2, 0.25) is 0 Å². The predicted octanol–water partition coefficient (Wildman–Crippen LogP) is -0.792. The van der Waals surface area contributed by atoms with E-state index in [1.165, 1.54) is 11.5 Å². The van der Waals surface area contributed by atoms with Gasteiger partial charge in [-0.2, -0.15) is 11.8 Å². The molecule has 1 heterocycles. The van der Waals surface area contributed by atoms with Crippen LogP contribution in [0, 0.1) is 0 Å². The fourth-order valence-electron chi connectivity index (χ4n) is 1.20. The Morgan fingerprint density at radius 3 is 2.77 bits per heavy atom. The summed E-state index contributed by atoms with van der Waals surface area (Å²) in [6.45, 7) is 3.81. The zero-order valence-electron chi connectivity index (χ0n) is 7.58. The quantitative estimate of drug-likeness (QED) is 0.320. The second-order valence-corrected chi connectivity index (χ2v) is 4.08. The normalized spacial score (nSPS) is 18.2. The lowest BCUT2D eigenvalue weighted by molar-refractivity contribution is 0.237. The number of carbonyl (C=O) groups excluding carboxylic acids is 1. The van der Waals surface area contributed by atoms with Crippen LogP contribution in [0.25, 0.3) is 0 Å². The van der Waals surface area contributed by atoms with Crippen LogP contribution in [0.1, 0.15) is 0 Å². The molecule has 2 amide bonds. The van der Waals surface area contributed by atoms with Crippen LogP contribution in [-0.2, 0) is 0 Å². The first kappa shape index (κ1) is 10.6. The molecule has 5 nitrogen and oxygen atoms in total. The molecule has 1 aliphatic heterocycles. The van der Waals surface area contributed by atoms with Gasteiger partial charge in [-0.3, -0.25) is 10.3 Å². The number of urea groups is 1. The highest BCUT2D eigenvalue weighted by Gasteiger charge is 2.09. The van der Waals surface area contributed by atoms with Crippen LogP contribution in [-0.4, -0.2) is 48.6 Å². The van der Waals surface area contributed by atoms with E-state index >= 15 is 0 Å². The predicted molar refractivity (Wildman–Crippen MR) is 54.5 cm³/mol. The van der Waals surface area contributed by atoms with Crippen LogP contribution in [0.15, 0.2) is 0 Å². The van der Waals surface area contributed by atoms with Gasteiger partial charge in [0.1, 0.15) is 0 Å². The molecular formula is C7H16N4OS. The molecule has 0 aromatic heterocycles. The molecule has 1 fully saturated rings. The van der Waals surface area contributed by atoms with E-state index < -0.39 is 0 Å². The van der Waals surface area contributed by atoms with Crippen molar-refractivity contribution >= 4 is 17.8 Å². The highest BCUT2D eigenvalue weighted by Crippen LogP contribution is 2.07. The number of hydrogen-bond donors (Lipinski definition) is 3. The van der Waals surface area contributed by atoms with E-state index in [-0.39, 0.29) is 6.03 Å². The Morgan fingerprint density at radius 2 is 2.15 bits per heavy atom. The summed E-state index contributed by atoms with van der Waals surface area (Å²) in [7, 11) is 0. The molecule has 1 aliphatic rings. The highest BCUT2D eigenvalue weighted by molar-refractivity contribution is 7.99. The number of hydrogen-bond acceptors (Lipinski definition) is 4. The zero-order chi connectivity index (χ0) is 9.52. The topological polar surface area (TPSA) is 70.4 Å². The van der Waals surface area contributed by atoms with Crippen LogP contribution < -0.4 is 16.6 Å². The van der Waals surface area contributed by atoms with Gasteiger partial charge < -0.3 is 5.32 Å². The van der Waals surface area contributed by atoms with Crippen LogP contribution in [0.4, 0.5) is 4.79 Å². The second kappa shape index (κ2) is 6.06. The van der Waals surface area contributed by atoms with Crippen molar-refractivity contribution in [2.24, 2.45) is 5.84 Å². The fourth-order valence-corrected chi connectivity index (χ4v) is 2.18. The molecule has 1 saturated heterocycles. The van der Waals surface area contributed by atoms with E-state index in [0.717, 1.165) is 19.6 Å². The molecule has 0 aromatic rings. The van der Waals surface area contributed by atoms with Crippen LogP contribution in [0.3, 0.4) is 0 Å². The average Bonchev–Trinajstić information content (AvgIpc) is 2.19. The summed E-state index contributed by atoms with van der Waals surface area (Å²) in [6, 6.07) is -0.314. The second-order valence-electron chi connectivity index (χ2n) is 2.85. The van der Waals surface area contributed by atoms with Crippen molar-refractivity contribution in [3.63, 3.8) is 0 Å². The molecule has 0 atom stereocenters. The largest absolute Gasteiger partial charge is 0.336 e.